The molecule has 0 aromatic carbocycles. The summed E-state index contributed by atoms with van der Waals surface area (Å²) in [5.41, 5.74) is 5.52. The van der Waals surface area contributed by atoms with Gasteiger partial charge in [-0.1, -0.05) is 6.08 Å². The molecule has 3 N–H and O–H groups in total. The second kappa shape index (κ2) is 6.15. The number of carbonyl (C=O) groups excluding carboxylic acids is 1. The van der Waals surface area contributed by atoms with Crippen molar-refractivity contribution in [3.8, 4) is 0 Å². The molecule has 0 saturated carbocycles. The van der Waals surface area contributed by atoms with Crippen molar-refractivity contribution in [1.29, 1.82) is 0 Å². The van der Waals surface area contributed by atoms with Gasteiger partial charge in [0.1, 0.15) is 6.54 Å². The molecular weight excluding hydrogens is 184 g/mol. The van der Waals surface area contributed by atoms with Gasteiger partial charge in [-0.2, -0.15) is 0 Å². The van der Waals surface area contributed by atoms with Crippen LogP contribution >= 0.6 is 0 Å². The van der Waals surface area contributed by atoms with Gasteiger partial charge in [0.2, 0.25) is 5.91 Å². The van der Waals surface area contributed by atoms with Crippen LogP contribution in [0.3, 0.4) is 0 Å². The van der Waals surface area contributed by atoms with E-state index in [1.807, 2.05) is 0 Å². The number of likely N-dealkylation sites (N-methyl/N-ethyl adjacent to an activating group) is 1. The minimum Gasteiger partial charge on any atom is -0.480 e. The zero-order chi connectivity index (χ0) is 11.1. The molecule has 1 atom stereocenters. The molecule has 1 unspecified atom stereocenters. The summed E-state index contributed by atoms with van der Waals surface area (Å²) >= 11 is 0. The number of aliphatic carboxylic acids is 1. The topological polar surface area (TPSA) is 83.6 Å². The second-order valence-corrected chi connectivity index (χ2v) is 2.88. The van der Waals surface area contributed by atoms with Gasteiger partial charge in [0.15, 0.2) is 0 Å². The van der Waals surface area contributed by atoms with Crippen LogP contribution in [0.2, 0.25) is 0 Å². The molecule has 0 aromatic heterocycles. The summed E-state index contributed by atoms with van der Waals surface area (Å²) in [7, 11) is 0. The van der Waals surface area contributed by atoms with E-state index in [-0.39, 0.29) is 12.5 Å². The highest BCUT2D eigenvalue weighted by atomic mass is 16.4. The molecule has 1 amide bonds. The van der Waals surface area contributed by atoms with Crippen LogP contribution in [0.5, 0.6) is 0 Å². The molecule has 0 bridgehead atoms. The third-order valence-corrected chi connectivity index (χ3v) is 1.76. The molecular formula is C9H16N2O3. The highest BCUT2D eigenvalue weighted by molar-refractivity contribution is 5.85. The van der Waals surface area contributed by atoms with Gasteiger partial charge >= 0.3 is 5.97 Å². The van der Waals surface area contributed by atoms with Gasteiger partial charge in [-0.25, -0.2) is 0 Å². The molecule has 0 aliphatic heterocycles. The summed E-state index contributed by atoms with van der Waals surface area (Å²) in [6.45, 7) is 5.21. The van der Waals surface area contributed by atoms with Gasteiger partial charge in [-0.15, -0.1) is 6.58 Å². The predicted molar refractivity (Wildman–Crippen MR) is 52.7 cm³/mol. The fourth-order valence-corrected chi connectivity index (χ4v) is 1.02. The number of nitrogens with zero attached hydrogens (tertiary/aromatic N) is 1. The molecule has 0 aliphatic rings. The fourth-order valence-electron chi connectivity index (χ4n) is 1.02. The van der Waals surface area contributed by atoms with E-state index < -0.39 is 12.0 Å². The zero-order valence-electron chi connectivity index (χ0n) is 8.27. The number of carbonyl (C=O) groups is 2. The van der Waals surface area contributed by atoms with Crippen molar-refractivity contribution in [3.05, 3.63) is 12.7 Å². The van der Waals surface area contributed by atoms with Crippen molar-refractivity contribution in [2.45, 2.75) is 19.4 Å². The first-order valence-electron chi connectivity index (χ1n) is 4.40. The van der Waals surface area contributed by atoms with Crippen LogP contribution in [-0.4, -0.2) is 41.0 Å². The first kappa shape index (κ1) is 12.6. The summed E-state index contributed by atoms with van der Waals surface area (Å²) in [4.78, 5) is 23.1. The maximum Gasteiger partial charge on any atom is 0.323 e. The van der Waals surface area contributed by atoms with Gasteiger partial charge in [-0.3, -0.25) is 9.59 Å². The number of carboxylic acids is 1. The molecule has 0 saturated heterocycles. The Bertz CT molecular complexity index is 228. The molecule has 5 heteroatoms. The van der Waals surface area contributed by atoms with E-state index in [4.69, 9.17) is 10.8 Å². The average Bonchev–Trinajstić information content (AvgIpc) is 2.13. The van der Waals surface area contributed by atoms with Crippen molar-refractivity contribution in [2.75, 3.05) is 13.1 Å². The number of rotatable bonds is 6. The lowest BCUT2D eigenvalue weighted by Gasteiger charge is -2.21. The number of amides is 1. The largest absolute Gasteiger partial charge is 0.480 e. The minimum absolute atomic E-state index is 0.305. The van der Waals surface area contributed by atoms with E-state index in [9.17, 15) is 9.59 Å². The van der Waals surface area contributed by atoms with Crippen molar-refractivity contribution in [2.24, 2.45) is 5.73 Å². The Morgan fingerprint density at radius 2 is 2.21 bits per heavy atom. The summed E-state index contributed by atoms with van der Waals surface area (Å²) in [6.07, 6.45) is 1.89. The predicted octanol–water partition coefficient (Wildman–Crippen LogP) is -0.177. The van der Waals surface area contributed by atoms with Crippen molar-refractivity contribution in [3.63, 3.8) is 0 Å². The Hall–Kier alpha value is -1.36. The quantitative estimate of drug-likeness (QED) is 0.583. The maximum atomic E-state index is 11.5. The van der Waals surface area contributed by atoms with Gasteiger partial charge in [0.05, 0.1) is 6.04 Å². The van der Waals surface area contributed by atoms with Gasteiger partial charge < -0.3 is 15.7 Å². The molecule has 0 rings (SSSR count). The Balaban J connectivity index is 4.29. The lowest BCUT2D eigenvalue weighted by Crippen LogP contribution is -2.45. The summed E-state index contributed by atoms with van der Waals surface area (Å²) in [6, 6.07) is -0.688. The van der Waals surface area contributed by atoms with Gasteiger partial charge in [0, 0.05) is 6.54 Å². The Kier molecular flexibility index (Phi) is 5.55. The van der Waals surface area contributed by atoms with E-state index in [2.05, 4.69) is 6.58 Å². The van der Waals surface area contributed by atoms with Crippen LogP contribution < -0.4 is 5.73 Å². The van der Waals surface area contributed by atoms with Crippen molar-refractivity contribution < 1.29 is 14.7 Å². The number of hydrogen-bond acceptors (Lipinski definition) is 3. The van der Waals surface area contributed by atoms with Gasteiger partial charge in [0.25, 0.3) is 0 Å². The maximum absolute atomic E-state index is 11.5. The van der Waals surface area contributed by atoms with E-state index in [1.54, 1.807) is 6.92 Å². The number of hydrogen-bond donors (Lipinski definition) is 2. The van der Waals surface area contributed by atoms with Crippen LogP contribution in [0.1, 0.15) is 13.3 Å². The van der Waals surface area contributed by atoms with Crippen molar-refractivity contribution in [1.82, 2.24) is 4.90 Å². The molecule has 0 aromatic rings. The number of carboxylic acid groups (broad SMARTS) is 1. The first-order chi connectivity index (χ1) is 6.52. The van der Waals surface area contributed by atoms with E-state index in [0.29, 0.717) is 13.0 Å². The SMILES string of the molecule is C=CCC(N)C(=O)N(CC)CC(=O)O. The standard InChI is InChI=1S/C9H16N2O3/c1-3-5-7(10)9(14)11(4-2)6-8(12)13/h3,7H,1,4-6,10H2,2H3,(H,12,13). The molecule has 5 nitrogen and oxygen atoms in total. The summed E-state index contributed by atoms with van der Waals surface area (Å²) < 4.78 is 0. The highest BCUT2D eigenvalue weighted by Crippen LogP contribution is 1.97. The Morgan fingerprint density at radius 3 is 2.57 bits per heavy atom. The lowest BCUT2D eigenvalue weighted by atomic mass is 10.2. The van der Waals surface area contributed by atoms with Crippen LogP contribution in [0, 0.1) is 0 Å². The highest BCUT2D eigenvalue weighted by Gasteiger charge is 2.20. The van der Waals surface area contributed by atoms with Crippen molar-refractivity contribution >= 4 is 11.9 Å². The third-order valence-electron chi connectivity index (χ3n) is 1.76. The molecule has 14 heavy (non-hydrogen) atoms. The van der Waals surface area contributed by atoms with Crippen LogP contribution in [0.4, 0.5) is 0 Å². The monoisotopic (exact) mass is 200 g/mol. The Labute approximate surface area is 83.2 Å². The molecule has 0 aliphatic carbocycles. The van der Waals surface area contributed by atoms with E-state index >= 15 is 0 Å². The molecule has 80 valence electrons. The lowest BCUT2D eigenvalue weighted by molar-refractivity contribution is -0.144. The van der Waals surface area contributed by atoms with Crippen LogP contribution in [-0.2, 0) is 9.59 Å². The normalized spacial score (nSPS) is 11.9. The smallest absolute Gasteiger partial charge is 0.323 e. The molecule has 0 radical (unpaired) electrons. The van der Waals surface area contributed by atoms with E-state index in [1.165, 1.54) is 11.0 Å². The first-order valence-corrected chi connectivity index (χ1v) is 4.40. The summed E-state index contributed by atoms with van der Waals surface area (Å²) in [5, 5.41) is 8.52. The zero-order valence-corrected chi connectivity index (χ0v) is 8.27. The minimum atomic E-state index is -1.04. The number of nitrogens with two attached hydrogens (primary N) is 1. The van der Waals surface area contributed by atoms with E-state index in [0.717, 1.165) is 0 Å². The third kappa shape index (κ3) is 4.04. The molecule has 0 heterocycles. The van der Waals surface area contributed by atoms with Gasteiger partial charge in [-0.05, 0) is 13.3 Å². The van der Waals surface area contributed by atoms with Crippen LogP contribution in [0.15, 0.2) is 12.7 Å². The molecule has 0 fully saturated rings. The fraction of sp³-hybridized carbons (Fsp3) is 0.556. The Morgan fingerprint density at radius 1 is 1.64 bits per heavy atom. The second-order valence-electron chi connectivity index (χ2n) is 2.88. The van der Waals surface area contributed by atoms with Crippen LogP contribution in [0.25, 0.3) is 0 Å². The molecule has 0 spiro atoms. The average molecular weight is 200 g/mol. The summed E-state index contributed by atoms with van der Waals surface area (Å²) in [5.74, 6) is -1.39.